The van der Waals surface area contributed by atoms with Gasteiger partial charge in [-0.2, -0.15) is 4.39 Å². The first-order valence-electron chi connectivity index (χ1n) is 11.9. The second-order valence-electron chi connectivity index (χ2n) is 10.5. The lowest BCUT2D eigenvalue weighted by Gasteiger charge is -2.26. The quantitative estimate of drug-likeness (QED) is 0.663. The van der Waals surface area contributed by atoms with Crippen LogP contribution >= 0.6 is 0 Å². The summed E-state index contributed by atoms with van der Waals surface area (Å²) in [5.74, 6) is -0.424. The number of hydrogen-bond acceptors (Lipinski definition) is 4. The van der Waals surface area contributed by atoms with Crippen molar-refractivity contribution in [2.24, 2.45) is 20.7 Å². The third kappa shape index (κ3) is 3.90. The highest BCUT2D eigenvalue weighted by molar-refractivity contribution is 6.14. The van der Waals surface area contributed by atoms with Crippen LogP contribution in [-0.4, -0.2) is 40.5 Å². The van der Waals surface area contributed by atoms with Crippen LogP contribution in [0.3, 0.4) is 0 Å². The van der Waals surface area contributed by atoms with Gasteiger partial charge in [0.1, 0.15) is 11.1 Å². The molecule has 4 aliphatic rings. The molecule has 0 aromatic carbocycles. The second-order valence-corrected chi connectivity index (χ2v) is 10.5. The van der Waals surface area contributed by atoms with E-state index in [1.165, 1.54) is 0 Å². The highest BCUT2D eigenvalue weighted by Gasteiger charge is 2.36. The van der Waals surface area contributed by atoms with Crippen molar-refractivity contribution in [3.05, 3.63) is 62.8 Å². The molecule has 0 fully saturated rings. The Balaban J connectivity index is 1.71. The summed E-state index contributed by atoms with van der Waals surface area (Å²) in [5, 5.41) is 2.15. The van der Waals surface area contributed by atoms with Gasteiger partial charge in [-0.25, -0.2) is 4.99 Å². The van der Waals surface area contributed by atoms with Crippen LogP contribution in [0.25, 0.3) is 18.2 Å². The zero-order valence-corrected chi connectivity index (χ0v) is 20.5. The predicted octanol–water partition coefficient (Wildman–Crippen LogP) is 3.81. The molecule has 0 saturated heterocycles. The normalized spacial score (nSPS) is 29.0. The number of nitrogens with two attached hydrogens (primary N) is 1. The highest BCUT2D eigenvalue weighted by Crippen LogP contribution is 2.40. The molecule has 0 saturated carbocycles. The van der Waals surface area contributed by atoms with E-state index in [1.807, 2.05) is 37.4 Å². The summed E-state index contributed by atoms with van der Waals surface area (Å²) in [6.07, 6.45) is 17.8. The van der Waals surface area contributed by atoms with Crippen LogP contribution in [-0.2, 0) is 5.54 Å². The van der Waals surface area contributed by atoms with Gasteiger partial charge in [0, 0.05) is 27.9 Å². The maximum atomic E-state index is 14.8. The lowest BCUT2D eigenvalue weighted by Crippen LogP contribution is -2.27. The summed E-state index contributed by atoms with van der Waals surface area (Å²) in [4.78, 5) is 17.9. The smallest absolute Gasteiger partial charge is 0.212 e. The van der Waals surface area contributed by atoms with Crippen molar-refractivity contribution in [3.8, 4) is 0 Å². The van der Waals surface area contributed by atoms with Gasteiger partial charge in [0.25, 0.3) is 0 Å². The Labute approximate surface area is 199 Å². The summed E-state index contributed by atoms with van der Waals surface area (Å²) in [6, 6.07) is 0. The molecule has 5 rings (SSSR count). The molecule has 3 aliphatic heterocycles. The molecule has 0 amide bonds. The molecule has 2 atom stereocenters. The van der Waals surface area contributed by atoms with E-state index in [1.54, 1.807) is 6.92 Å². The van der Waals surface area contributed by atoms with E-state index in [4.69, 9.17) is 10.7 Å². The number of halogens is 1. The molecular weight excluding hydrogens is 425 g/mol. The fourth-order valence-corrected chi connectivity index (χ4v) is 5.01. The zero-order chi connectivity index (χ0) is 24.3. The average molecular weight is 458 g/mol. The summed E-state index contributed by atoms with van der Waals surface area (Å²) < 4.78 is 14.8. The van der Waals surface area contributed by atoms with Crippen LogP contribution < -0.4 is 16.3 Å². The Morgan fingerprint density at radius 2 is 1.88 bits per heavy atom. The van der Waals surface area contributed by atoms with Crippen molar-refractivity contribution in [3.63, 3.8) is 0 Å². The predicted molar refractivity (Wildman–Crippen MR) is 141 cm³/mol. The van der Waals surface area contributed by atoms with Crippen molar-refractivity contribution in [2.45, 2.75) is 64.1 Å². The molecule has 1 aliphatic carbocycles. The number of nitrogens with zero attached hydrogens (tertiary/aromatic N) is 3. The van der Waals surface area contributed by atoms with Crippen LogP contribution in [0.2, 0.25) is 0 Å². The third-order valence-electron chi connectivity index (χ3n) is 7.02. The van der Waals surface area contributed by atoms with Gasteiger partial charge in [-0.1, -0.05) is 12.2 Å². The van der Waals surface area contributed by atoms with E-state index >= 15 is 0 Å². The fraction of sp³-hybridized carbons (Fsp3) is 0.393. The first kappa shape index (κ1) is 22.7. The molecule has 2 unspecified atom stereocenters. The fourth-order valence-electron chi connectivity index (χ4n) is 5.01. The Morgan fingerprint density at radius 1 is 1.12 bits per heavy atom. The van der Waals surface area contributed by atoms with Crippen molar-refractivity contribution in [1.29, 1.82) is 0 Å². The van der Waals surface area contributed by atoms with E-state index in [0.29, 0.717) is 18.5 Å². The Kier molecular flexibility index (Phi) is 5.13. The monoisotopic (exact) mass is 457 g/mol. The summed E-state index contributed by atoms with van der Waals surface area (Å²) in [7, 11) is 0. The van der Waals surface area contributed by atoms with Gasteiger partial charge in [-0.05, 0) is 95.5 Å². The van der Waals surface area contributed by atoms with E-state index in [0.717, 1.165) is 45.1 Å². The molecule has 3 N–H and O–H groups in total. The number of H-pyrrole nitrogens is 1. The van der Waals surface area contributed by atoms with E-state index in [-0.39, 0.29) is 5.54 Å². The molecule has 0 spiro atoms. The van der Waals surface area contributed by atoms with Crippen molar-refractivity contribution in [2.75, 3.05) is 6.54 Å². The van der Waals surface area contributed by atoms with Crippen LogP contribution in [0.15, 0.2) is 56.0 Å². The van der Waals surface area contributed by atoms with Crippen molar-refractivity contribution >= 4 is 36.1 Å². The molecule has 5 nitrogen and oxygen atoms in total. The summed E-state index contributed by atoms with van der Waals surface area (Å²) in [6.45, 7) is 10.5. The molecule has 1 aromatic rings. The van der Waals surface area contributed by atoms with Gasteiger partial charge in [-0.3, -0.25) is 9.98 Å². The standard InChI is InChI=1S/C28H32FN5/c1-17-14-18(15-28(5,19-6-7-19)34-25(17)29)22-9-8-20-21-16-26(2,3)31-13-10-23(21)32-24(20)27(4,33-22)11-12-30/h6,8-10,13-16,32H,7,11-12,30H2,1-5H3. The molecule has 6 heteroatoms. The van der Waals surface area contributed by atoms with E-state index in [2.05, 4.69) is 54.0 Å². The number of aliphatic imine (C=N–C) groups is 3. The van der Waals surface area contributed by atoms with Gasteiger partial charge < -0.3 is 10.7 Å². The SMILES string of the molecule is CC1=CC(C2=NC(C)(CCN)c3[nH]c4c(c3C=C2)=CC(C)(C)N=CC=4)=CC(C)(C2=CC2)N=C1F. The molecule has 0 radical (unpaired) electrons. The number of allylic oxidation sites excluding steroid dienone is 5. The van der Waals surface area contributed by atoms with Gasteiger partial charge in [-0.15, -0.1) is 0 Å². The molecule has 34 heavy (non-hydrogen) atoms. The molecule has 176 valence electrons. The molecular formula is C28H32FN5. The van der Waals surface area contributed by atoms with Gasteiger partial charge in [0.2, 0.25) is 5.97 Å². The minimum atomic E-state index is -0.698. The van der Waals surface area contributed by atoms with Crippen LogP contribution in [0.4, 0.5) is 4.39 Å². The lowest BCUT2D eigenvalue weighted by molar-refractivity contribution is 0.452. The molecule has 1 aromatic heterocycles. The number of hydrogen-bond donors (Lipinski definition) is 2. The first-order valence-corrected chi connectivity index (χ1v) is 11.9. The van der Waals surface area contributed by atoms with Crippen LogP contribution in [0.5, 0.6) is 0 Å². The maximum Gasteiger partial charge on any atom is 0.212 e. The van der Waals surface area contributed by atoms with Crippen LogP contribution in [0.1, 0.15) is 58.7 Å². The number of aromatic nitrogens is 1. The summed E-state index contributed by atoms with van der Waals surface area (Å²) in [5.41, 5.74) is 9.96. The summed E-state index contributed by atoms with van der Waals surface area (Å²) >= 11 is 0. The van der Waals surface area contributed by atoms with Gasteiger partial charge in [0.15, 0.2) is 0 Å². The average Bonchev–Trinajstić information content (AvgIpc) is 3.58. The van der Waals surface area contributed by atoms with Crippen LogP contribution in [0, 0.1) is 0 Å². The third-order valence-corrected chi connectivity index (χ3v) is 7.02. The number of rotatable bonds is 4. The number of nitrogens with one attached hydrogen (secondary N) is 1. The second kappa shape index (κ2) is 7.70. The highest BCUT2D eigenvalue weighted by atomic mass is 19.1. The van der Waals surface area contributed by atoms with Crippen molar-refractivity contribution < 1.29 is 4.39 Å². The lowest BCUT2D eigenvalue weighted by atomic mass is 9.90. The Hall–Kier alpha value is -3.12. The van der Waals surface area contributed by atoms with Gasteiger partial charge in [0.05, 0.1) is 16.9 Å². The Morgan fingerprint density at radius 3 is 2.59 bits per heavy atom. The number of aromatic amines is 1. The zero-order valence-electron chi connectivity index (χ0n) is 20.5. The first-order chi connectivity index (χ1) is 16.0. The maximum absolute atomic E-state index is 14.8. The topological polar surface area (TPSA) is 78.9 Å². The minimum Gasteiger partial charge on any atom is -0.356 e. The molecule has 4 heterocycles. The minimum absolute atomic E-state index is 0.315. The van der Waals surface area contributed by atoms with E-state index < -0.39 is 17.0 Å². The molecule has 0 bridgehead atoms. The largest absolute Gasteiger partial charge is 0.356 e. The number of fused-ring (bicyclic) bond motifs is 3. The van der Waals surface area contributed by atoms with Crippen molar-refractivity contribution in [1.82, 2.24) is 4.98 Å². The van der Waals surface area contributed by atoms with Gasteiger partial charge >= 0.3 is 0 Å². The Bertz CT molecular complexity index is 1410. The van der Waals surface area contributed by atoms with E-state index in [9.17, 15) is 4.39 Å².